The average Bonchev–Trinajstić information content (AvgIpc) is 2.68. The minimum Gasteiger partial charge on any atom is -0.443 e. The van der Waals surface area contributed by atoms with Crippen LogP contribution in [0.4, 0.5) is 4.79 Å². The molecule has 3 amide bonds. The van der Waals surface area contributed by atoms with Crippen LogP contribution in [0.3, 0.4) is 0 Å². The number of rotatable bonds is 0. The molecule has 17 heavy (non-hydrogen) atoms. The van der Waals surface area contributed by atoms with Crippen molar-refractivity contribution in [3.05, 3.63) is 0 Å². The van der Waals surface area contributed by atoms with E-state index in [0.717, 1.165) is 0 Å². The lowest BCUT2D eigenvalue weighted by molar-refractivity contribution is -0.138. The topological polar surface area (TPSA) is 75.7 Å². The van der Waals surface area contributed by atoms with Gasteiger partial charge < -0.3 is 10.1 Å². The average molecular weight is 240 g/mol. The van der Waals surface area contributed by atoms with E-state index in [0.29, 0.717) is 18.0 Å². The lowest BCUT2D eigenvalue weighted by atomic mass is 10.00. The van der Waals surface area contributed by atoms with Crippen molar-refractivity contribution >= 4 is 17.9 Å². The summed E-state index contributed by atoms with van der Waals surface area (Å²) in [6.07, 6.45) is -0.859. The van der Waals surface area contributed by atoms with Crippen LogP contribution < -0.4 is 5.32 Å². The van der Waals surface area contributed by atoms with Crippen molar-refractivity contribution in [2.45, 2.75) is 26.4 Å². The molecule has 0 saturated carbocycles. The van der Waals surface area contributed by atoms with Gasteiger partial charge in [-0.3, -0.25) is 9.59 Å². The van der Waals surface area contributed by atoms with Crippen molar-refractivity contribution in [3.63, 3.8) is 0 Å². The predicted octanol–water partition coefficient (Wildman–Crippen LogP) is 0.126. The molecule has 0 aromatic heterocycles. The van der Waals surface area contributed by atoms with Crippen molar-refractivity contribution in [2.24, 2.45) is 11.8 Å². The molecule has 0 aromatic rings. The number of carbonyl (C=O) groups is 3. The fourth-order valence-electron chi connectivity index (χ4n) is 2.13. The molecule has 6 heteroatoms. The standard InChI is InChI=1S/C11H16N2O4/c1-11(2,3)17-10(16)13-8(14)6-4-12-5-7(6)9(13)15/h6-7,12H,4-5H2,1-3H3/t6-,7+. The fourth-order valence-corrected chi connectivity index (χ4v) is 2.13. The molecule has 0 aliphatic carbocycles. The van der Waals surface area contributed by atoms with Crippen molar-refractivity contribution in [1.29, 1.82) is 0 Å². The van der Waals surface area contributed by atoms with Crippen molar-refractivity contribution < 1.29 is 19.1 Å². The number of hydrogen-bond acceptors (Lipinski definition) is 5. The van der Waals surface area contributed by atoms with Gasteiger partial charge in [0.25, 0.3) is 0 Å². The number of nitrogens with zero attached hydrogens (tertiary/aromatic N) is 1. The Morgan fingerprint density at radius 2 is 1.71 bits per heavy atom. The highest BCUT2D eigenvalue weighted by Gasteiger charge is 2.53. The van der Waals surface area contributed by atoms with Gasteiger partial charge in [0, 0.05) is 13.1 Å². The summed E-state index contributed by atoms with van der Waals surface area (Å²) < 4.78 is 5.05. The Morgan fingerprint density at radius 3 is 2.12 bits per heavy atom. The second-order valence-electron chi connectivity index (χ2n) is 5.36. The molecule has 0 unspecified atom stereocenters. The van der Waals surface area contributed by atoms with Gasteiger partial charge in [0.1, 0.15) is 5.60 Å². The molecule has 2 saturated heterocycles. The van der Waals surface area contributed by atoms with E-state index < -0.39 is 35.3 Å². The number of ether oxygens (including phenoxy) is 1. The lowest BCUT2D eigenvalue weighted by Gasteiger charge is -2.22. The molecule has 2 rings (SSSR count). The highest BCUT2D eigenvalue weighted by atomic mass is 16.6. The second kappa shape index (κ2) is 3.80. The van der Waals surface area contributed by atoms with E-state index >= 15 is 0 Å². The summed E-state index contributed by atoms with van der Waals surface area (Å²) in [6, 6.07) is 0. The summed E-state index contributed by atoms with van der Waals surface area (Å²) in [5, 5.41) is 2.97. The van der Waals surface area contributed by atoms with Gasteiger partial charge in [0.2, 0.25) is 11.8 Å². The molecule has 2 aliphatic heterocycles. The van der Waals surface area contributed by atoms with Crippen LogP contribution in [0.1, 0.15) is 20.8 Å². The first-order valence-corrected chi connectivity index (χ1v) is 5.63. The molecule has 2 fully saturated rings. The summed E-state index contributed by atoms with van der Waals surface area (Å²) >= 11 is 0. The Hall–Kier alpha value is -1.43. The monoisotopic (exact) mass is 240 g/mol. The van der Waals surface area contributed by atoms with Gasteiger partial charge in [-0.1, -0.05) is 0 Å². The third-order valence-corrected chi connectivity index (χ3v) is 2.87. The molecule has 1 N–H and O–H groups in total. The molecule has 6 nitrogen and oxygen atoms in total. The van der Waals surface area contributed by atoms with Gasteiger partial charge in [-0.2, -0.15) is 4.90 Å². The van der Waals surface area contributed by atoms with Crippen LogP contribution in [0.25, 0.3) is 0 Å². The molecule has 94 valence electrons. The van der Waals surface area contributed by atoms with E-state index in [2.05, 4.69) is 5.32 Å². The molecular formula is C11H16N2O4. The smallest absolute Gasteiger partial charge is 0.424 e. The van der Waals surface area contributed by atoms with Crippen molar-refractivity contribution in [2.75, 3.05) is 13.1 Å². The van der Waals surface area contributed by atoms with Crippen LogP contribution in [0.2, 0.25) is 0 Å². The largest absolute Gasteiger partial charge is 0.443 e. The number of likely N-dealkylation sites (tertiary alicyclic amines) is 1. The Morgan fingerprint density at radius 1 is 1.24 bits per heavy atom. The zero-order valence-corrected chi connectivity index (χ0v) is 10.1. The SMILES string of the molecule is CC(C)(C)OC(=O)N1C(=O)[C@H]2CNC[C@H]2C1=O. The molecule has 0 spiro atoms. The zero-order valence-electron chi connectivity index (χ0n) is 10.1. The first-order chi connectivity index (χ1) is 7.81. The molecule has 2 atom stereocenters. The van der Waals surface area contributed by atoms with Gasteiger partial charge in [0.15, 0.2) is 0 Å². The summed E-state index contributed by atoms with van der Waals surface area (Å²) in [6.45, 7) is 5.98. The van der Waals surface area contributed by atoms with E-state index in [-0.39, 0.29) is 0 Å². The summed E-state index contributed by atoms with van der Waals surface area (Å²) in [5.41, 5.74) is -0.715. The van der Waals surface area contributed by atoms with Gasteiger partial charge >= 0.3 is 6.09 Å². The minimum atomic E-state index is -0.859. The van der Waals surface area contributed by atoms with E-state index in [4.69, 9.17) is 4.74 Å². The van der Waals surface area contributed by atoms with E-state index in [1.807, 2.05) is 0 Å². The van der Waals surface area contributed by atoms with Crippen LogP contribution in [0.15, 0.2) is 0 Å². The Labute approximate surface area is 99.3 Å². The Kier molecular flexibility index (Phi) is 2.69. The van der Waals surface area contributed by atoms with E-state index in [9.17, 15) is 14.4 Å². The first-order valence-electron chi connectivity index (χ1n) is 5.63. The van der Waals surface area contributed by atoms with Crippen LogP contribution in [-0.4, -0.2) is 41.5 Å². The molecule has 2 aliphatic rings. The van der Waals surface area contributed by atoms with Crippen LogP contribution in [0.5, 0.6) is 0 Å². The van der Waals surface area contributed by atoms with Crippen molar-refractivity contribution in [1.82, 2.24) is 10.2 Å². The maximum atomic E-state index is 11.9. The third kappa shape index (κ3) is 2.04. The normalized spacial score (nSPS) is 28.5. The molecule has 0 radical (unpaired) electrons. The molecular weight excluding hydrogens is 224 g/mol. The van der Waals surface area contributed by atoms with E-state index in [1.54, 1.807) is 20.8 Å². The summed E-state index contributed by atoms with van der Waals surface area (Å²) in [5.74, 6) is -1.71. The van der Waals surface area contributed by atoms with Gasteiger partial charge in [-0.25, -0.2) is 4.79 Å². The number of carbonyl (C=O) groups excluding carboxylic acids is 3. The van der Waals surface area contributed by atoms with Crippen LogP contribution in [-0.2, 0) is 14.3 Å². The Bertz CT molecular complexity index is 363. The van der Waals surface area contributed by atoms with E-state index in [1.165, 1.54) is 0 Å². The predicted molar refractivity (Wildman–Crippen MR) is 57.9 cm³/mol. The second-order valence-corrected chi connectivity index (χ2v) is 5.36. The molecule has 0 aromatic carbocycles. The third-order valence-electron chi connectivity index (χ3n) is 2.87. The number of nitrogens with one attached hydrogen (secondary N) is 1. The van der Waals surface area contributed by atoms with Crippen LogP contribution in [0, 0.1) is 11.8 Å². The van der Waals surface area contributed by atoms with Crippen molar-refractivity contribution in [3.8, 4) is 0 Å². The first kappa shape index (κ1) is 12.0. The number of imide groups is 3. The molecule has 0 bridgehead atoms. The Balaban J connectivity index is 2.15. The van der Waals surface area contributed by atoms with Gasteiger partial charge in [-0.05, 0) is 20.8 Å². The summed E-state index contributed by atoms with van der Waals surface area (Å²) in [4.78, 5) is 36.2. The maximum Gasteiger partial charge on any atom is 0.424 e. The highest BCUT2D eigenvalue weighted by molar-refractivity contribution is 6.16. The number of fused-ring (bicyclic) bond motifs is 1. The molecule has 2 heterocycles. The minimum absolute atomic E-state index is 0.407. The maximum absolute atomic E-state index is 11.9. The zero-order chi connectivity index (χ0) is 12.8. The number of amides is 3. The van der Waals surface area contributed by atoms with Crippen LogP contribution >= 0.6 is 0 Å². The van der Waals surface area contributed by atoms with Gasteiger partial charge in [-0.15, -0.1) is 0 Å². The quantitative estimate of drug-likeness (QED) is 0.609. The fraction of sp³-hybridized carbons (Fsp3) is 0.727. The highest BCUT2D eigenvalue weighted by Crippen LogP contribution is 2.30. The van der Waals surface area contributed by atoms with Gasteiger partial charge in [0.05, 0.1) is 11.8 Å². The summed E-state index contributed by atoms with van der Waals surface area (Å²) in [7, 11) is 0. The number of hydrogen-bond donors (Lipinski definition) is 1. The lowest BCUT2D eigenvalue weighted by Crippen LogP contribution is -2.42.